The Morgan fingerprint density at radius 3 is 2.87 bits per heavy atom. The first-order valence-electron chi connectivity index (χ1n) is 13.2. The lowest BCUT2D eigenvalue weighted by Crippen LogP contribution is -2.50. The molecule has 0 radical (unpaired) electrons. The number of hydrogen-bond donors (Lipinski definition) is 2. The molecule has 0 spiro atoms. The molecule has 204 valence electrons. The van der Waals surface area contributed by atoms with Crippen molar-refractivity contribution in [3.8, 4) is 11.6 Å². The molecule has 0 unspecified atom stereocenters. The summed E-state index contributed by atoms with van der Waals surface area (Å²) in [6.45, 7) is 4.31. The zero-order valence-corrected chi connectivity index (χ0v) is 22.6. The van der Waals surface area contributed by atoms with E-state index in [0.717, 1.165) is 24.8 Å². The smallest absolute Gasteiger partial charge is 0.321 e. The molecule has 1 aromatic heterocycles. The molecule has 2 heterocycles. The van der Waals surface area contributed by atoms with Crippen LogP contribution in [0.25, 0.3) is 5.57 Å². The minimum atomic E-state index is -0.427. The summed E-state index contributed by atoms with van der Waals surface area (Å²) < 4.78 is 11.6. The third-order valence-electron chi connectivity index (χ3n) is 7.30. The number of carbonyl (C=O) groups excluding carboxylic acids is 2. The highest BCUT2D eigenvalue weighted by molar-refractivity contribution is 5.97. The van der Waals surface area contributed by atoms with Gasteiger partial charge in [-0.05, 0) is 61.9 Å². The Labute approximate surface area is 224 Å². The van der Waals surface area contributed by atoms with Crippen molar-refractivity contribution >= 4 is 23.2 Å². The van der Waals surface area contributed by atoms with Crippen LogP contribution < -0.4 is 14.8 Å². The van der Waals surface area contributed by atoms with Crippen LogP contribution in [0, 0.1) is 5.92 Å². The minimum Gasteiger partial charge on any atom is -0.497 e. The van der Waals surface area contributed by atoms with E-state index in [9.17, 15) is 14.7 Å². The number of allylic oxidation sites excluding steroid dienone is 2. The number of amides is 3. The topological polar surface area (TPSA) is 104 Å². The Kier molecular flexibility index (Phi) is 8.89. The Hall–Kier alpha value is -3.59. The molecular weight excluding hydrogens is 484 g/mol. The van der Waals surface area contributed by atoms with Crippen LogP contribution >= 0.6 is 0 Å². The monoisotopic (exact) mass is 522 g/mol. The SMILES string of the molecule is COc1cccc(NC(=O)N(C)C[C@@H]2Oc3ncc(C4=CCCCC4)cc3C(=O)N([C@@H](C)CO)C[C@H]2C)c1. The van der Waals surface area contributed by atoms with Crippen molar-refractivity contribution in [2.75, 3.05) is 39.2 Å². The Bertz CT molecular complexity index is 1180. The van der Waals surface area contributed by atoms with E-state index in [4.69, 9.17) is 9.47 Å². The van der Waals surface area contributed by atoms with Crippen molar-refractivity contribution < 1.29 is 24.2 Å². The maximum absolute atomic E-state index is 13.7. The highest BCUT2D eigenvalue weighted by Crippen LogP contribution is 2.32. The highest BCUT2D eigenvalue weighted by atomic mass is 16.5. The summed E-state index contributed by atoms with van der Waals surface area (Å²) in [5, 5.41) is 12.8. The summed E-state index contributed by atoms with van der Waals surface area (Å²) in [6, 6.07) is 8.37. The lowest BCUT2D eigenvalue weighted by Gasteiger charge is -2.37. The van der Waals surface area contributed by atoms with Crippen LogP contribution in [0.15, 0.2) is 42.6 Å². The lowest BCUT2D eigenvalue weighted by atomic mass is 9.93. The molecule has 9 heteroatoms. The van der Waals surface area contributed by atoms with Crippen molar-refractivity contribution in [1.29, 1.82) is 0 Å². The zero-order valence-electron chi connectivity index (χ0n) is 22.6. The molecule has 1 aliphatic carbocycles. The van der Waals surface area contributed by atoms with Crippen molar-refractivity contribution in [3.63, 3.8) is 0 Å². The van der Waals surface area contributed by atoms with Crippen LogP contribution in [0.5, 0.6) is 11.6 Å². The predicted molar refractivity (Wildman–Crippen MR) is 146 cm³/mol. The number of urea groups is 1. The molecule has 38 heavy (non-hydrogen) atoms. The van der Waals surface area contributed by atoms with Gasteiger partial charge < -0.3 is 29.7 Å². The van der Waals surface area contributed by atoms with E-state index in [1.165, 1.54) is 12.0 Å². The van der Waals surface area contributed by atoms with Gasteiger partial charge in [0.25, 0.3) is 5.91 Å². The van der Waals surface area contributed by atoms with Gasteiger partial charge in [-0.2, -0.15) is 0 Å². The van der Waals surface area contributed by atoms with Gasteiger partial charge in [-0.1, -0.05) is 19.1 Å². The predicted octanol–water partition coefficient (Wildman–Crippen LogP) is 4.43. The number of anilines is 1. The maximum atomic E-state index is 13.7. The van der Waals surface area contributed by atoms with Crippen LogP contribution in [-0.4, -0.2) is 77.8 Å². The second kappa shape index (κ2) is 12.3. The number of hydrogen-bond acceptors (Lipinski definition) is 6. The fourth-order valence-corrected chi connectivity index (χ4v) is 4.87. The summed E-state index contributed by atoms with van der Waals surface area (Å²) in [5.41, 5.74) is 3.13. The van der Waals surface area contributed by atoms with E-state index in [1.807, 2.05) is 32.0 Å². The van der Waals surface area contributed by atoms with Gasteiger partial charge in [-0.3, -0.25) is 4.79 Å². The van der Waals surface area contributed by atoms with Crippen molar-refractivity contribution in [2.45, 2.75) is 51.7 Å². The summed E-state index contributed by atoms with van der Waals surface area (Å²) in [4.78, 5) is 34.5. The largest absolute Gasteiger partial charge is 0.497 e. The first kappa shape index (κ1) is 27.4. The number of aromatic nitrogens is 1. The molecule has 1 aliphatic heterocycles. The number of rotatable bonds is 7. The number of fused-ring (bicyclic) bond motifs is 1. The number of ether oxygens (including phenoxy) is 2. The highest BCUT2D eigenvalue weighted by Gasteiger charge is 2.35. The molecule has 9 nitrogen and oxygen atoms in total. The molecular formula is C29H38N4O5. The quantitative estimate of drug-likeness (QED) is 0.558. The molecule has 0 fully saturated rings. The molecule has 0 saturated heterocycles. The van der Waals surface area contributed by atoms with Crippen LogP contribution in [0.2, 0.25) is 0 Å². The van der Waals surface area contributed by atoms with E-state index in [0.29, 0.717) is 23.5 Å². The van der Waals surface area contributed by atoms with Crippen molar-refractivity contribution in [3.05, 3.63) is 53.7 Å². The normalized spacial score (nSPS) is 20.3. The van der Waals surface area contributed by atoms with E-state index in [-0.39, 0.29) is 42.9 Å². The number of nitrogens with zero attached hydrogens (tertiary/aromatic N) is 3. The number of aliphatic hydroxyl groups excluding tert-OH is 1. The standard InChI is InChI=1S/C29H38N4O5/c1-19-16-33(20(2)18-34)28(35)25-13-22(21-9-6-5-7-10-21)15-30-27(25)38-26(19)17-32(3)29(36)31-23-11-8-12-24(14-23)37-4/h8-9,11-15,19-20,26,34H,5-7,10,16-18H2,1-4H3,(H,31,36)/t19-,20+,26+/m1/s1. The summed E-state index contributed by atoms with van der Waals surface area (Å²) in [6.07, 6.45) is 7.83. The first-order chi connectivity index (χ1) is 18.3. The summed E-state index contributed by atoms with van der Waals surface area (Å²) in [7, 11) is 3.28. The number of nitrogens with one attached hydrogen (secondary N) is 1. The fraction of sp³-hybridized carbons (Fsp3) is 0.483. The van der Waals surface area contributed by atoms with Gasteiger partial charge in [-0.25, -0.2) is 9.78 Å². The van der Waals surface area contributed by atoms with E-state index in [1.54, 1.807) is 42.3 Å². The van der Waals surface area contributed by atoms with Gasteiger partial charge in [-0.15, -0.1) is 0 Å². The van der Waals surface area contributed by atoms with Crippen LogP contribution in [0.4, 0.5) is 10.5 Å². The summed E-state index contributed by atoms with van der Waals surface area (Å²) in [5.74, 6) is 0.567. The Balaban J connectivity index is 1.59. The molecule has 0 saturated carbocycles. The van der Waals surface area contributed by atoms with E-state index >= 15 is 0 Å². The van der Waals surface area contributed by atoms with Crippen molar-refractivity contribution in [1.82, 2.24) is 14.8 Å². The van der Waals surface area contributed by atoms with Crippen molar-refractivity contribution in [2.24, 2.45) is 5.92 Å². The zero-order chi connectivity index (χ0) is 27.2. The van der Waals surface area contributed by atoms with Gasteiger partial charge in [0.15, 0.2) is 0 Å². The van der Waals surface area contributed by atoms with E-state index in [2.05, 4.69) is 16.4 Å². The lowest BCUT2D eigenvalue weighted by molar-refractivity contribution is 0.0356. The molecule has 3 amide bonds. The molecule has 1 aromatic carbocycles. The molecule has 3 atom stereocenters. The van der Waals surface area contributed by atoms with Gasteiger partial charge in [0.1, 0.15) is 17.4 Å². The summed E-state index contributed by atoms with van der Waals surface area (Å²) >= 11 is 0. The van der Waals surface area contributed by atoms with Crippen LogP contribution in [0.1, 0.15) is 55.5 Å². The number of benzene rings is 1. The third kappa shape index (κ3) is 6.27. The number of aliphatic hydroxyl groups is 1. The number of carbonyl (C=O) groups is 2. The Morgan fingerprint density at radius 1 is 1.34 bits per heavy atom. The maximum Gasteiger partial charge on any atom is 0.321 e. The van der Waals surface area contributed by atoms with Gasteiger partial charge in [0.05, 0.1) is 26.3 Å². The van der Waals surface area contributed by atoms with Gasteiger partial charge in [0.2, 0.25) is 5.88 Å². The number of likely N-dealkylation sites (N-methyl/N-ethyl adjacent to an activating group) is 1. The molecule has 0 bridgehead atoms. The second-order valence-corrected chi connectivity index (χ2v) is 10.2. The van der Waals surface area contributed by atoms with Crippen LogP contribution in [0.3, 0.4) is 0 Å². The molecule has 2 N–H and O–H groups in total. The average molecular weight is 523 g/mol. The minimum absolute atomic E-state index is 0.129. The Morgan fingerprint density at radius 2 is 2.16 bits per heavy atom. The first-order valence-corrected chi connectivity index (χ1v) is 13.2. The van der Waals surface area contributed by atoms with E-state index < -0.39 is 6.10 Å². The number of methoxy groups -OCH3 is 1. The van der Waals surface area contributed by atoms with Gasteiger partial charge >= 0.3 is 6.03 Å². The average Bonchev–Trinajstić information content (AvgIpc) is 2.94. The number of pyridine rings is 1. The third-order valence-corrected chi connectivity index (χ3v) is 7.30. The molecule has 2 aromatic rings. The van der Waals surface area contributed by atoms with Gasteiger partial charge in [0, 0.05) is 37.5 Å². The molecule has 4 rings (SSSR count). The second-order valence-electron chi connectivity index (χ2n) is 10.2. The molecule has 2 aliphatic rings. The fourth-order valence-electron chi connectivity index (χ4n) is 4.87. The van der Waals surface area contributed by atoms with Crippen LogP contribution in [-0.2, 0) is 0 Å².